The van der Waals surface area contributed by atoms with Crippen LogP contribution in [0.4, 0.5) is 0 Å². The molecule has 2 aromatic rings. The van der Waals surface area contributed by atoms with Gasteiger partial charge in [0.15, 0.2) is 0 Å². The third-order valence-corrected chi connectivity index (χ3v) is 6.45. The fourth-order valence-corrected chi connectivity index (χ4v) is 4.70. The smallest absolute Gasteiger partial charge is 0.234 e. The zero-order chi connectivity index (χ0) is 20.5. The Morgan fingerprint density at radius 3 is 2.39 bits per heavy atom. The number of ether oxygens (including phenoxy) is 3. The van der Waals surface area contributed by atoms with Crippen LogP contribution >= 0.6 is 22.9 Å². The summed E-state index contributed by atoms with van der Waals surface area (Å²) in [6, 6.07) is 9.29. The number of halogens is 1. The molecule has 1 aromatic carbocycles. The number of aliphatic hydroxyl groups excluding tert-OH is 4. The van der Waals surface area contributed by atoms with Gasteiger partial charge in [0.05, 0.1) is 22.9 Å². The summed E-state index contributed by atoms with van der Waals surface area (Å²) in [6.07, 6.45) is -5.17. The van der Waals surface area contributed by atoms with Gasteiger partial charge in [-0.2, -0.15) is 0 Å². The van der Waals surface area contributed by atoms with Gasteiger partial charge in [-0.1, -0.05) is 23.7 Å². The topological polar surface area (TPSA) is 109 Å². The summed E-state index contributed by atoms with van der Waals surface area (Å²) in [5.41, 5.74) is 1.80. The lowest BCUT2D eigenvalue weighted by Crippen LogP contribution is -2.64. The van der Waals surface area contributed by atoms with Gasteiger partial charge in [0.25, 0.3) is 0 Å². The molecule has 1 aliphatic heterocycles. The molecule has 3 rings (SSSR count). The van der Waals surface area contributed by atoms with Crippen molar-refractivity contribution >= 4 is 22.9 Å². The summed E-state index contributed by atoms with van der Waals surface area (Å²) in [4.78, 5) is 0.431. The van der Waals surface area contributed by atoms with Gasteiger partial charge in [0.2, 0.25) is 5.79 Å². The van der Waals surface area contributed by atoms with Crippen molar-refractivity contribution in [2.45, 2.75) is 36.6 Å². The Labute approximate surface area is 171 Å². The highest BCUT2D eigenvalue weighted by Gasteiger charge is 2.56. The quantitative estimate of drug-likeness (QED) is 0.546. The van der Waals surface area contributed by atoms with Gasteiger partial charge in [-0.15, -0.1) is 11.3 Å². The summed E-state index contributed by atoms with van der Waals surface area (Å²) < 4.78 is 16.8. The van der Waals surface area contributed by atoms with E-state index in [4.69, 9.17) is 25.8 Å². The summed E-state index contributed by atoms with van der Waals surface area (Å²) >= 11 is 7.56. The molecule has 0 aliphatic carbocycles. The Morgan fingerprint density at radius 1 is 1.14 bits per heavy atom. The molecule has 5 atom stereocenters. The average molecular weight is 431 g/mol. The molecule has 0 amide bonds. The first-order valence-electron chi connectivity index (χ1n) is 8.66. The fourth-order valence-electron chi connectivity index (χ4n) is 3.28. The van der Waals surface area contributed by atoms with Crippen LogP contribution in [0.3, 0.4) is 0 Å². The van der Waals surface area contributed by atoms with Crippen molar-refractivity contribution in [1.29, 1.82) is 0 Å². The van der Waals surface area contributed by atoms with E-state index in [-0.39, 0.29) is 0 Å². The minimum atomic E-state index is -1.75. The van der Waals surface area contributed by atoms with E-state index in [0.717, 1.165) is 28.2 Å². The highest BCUT2D eigenvalue weighted by Crippen LogP contribution is 2.44. The molecule has 1 fully saturated rings. The predicted molar refractivity (Wildman–Crippen MR) is 104 cm³/mol. The van der Waals surface area contributed by atoms with E-state index in [9.17, 15) is 20.4 Å². The molecule has 0 spiro atoms. The van der Waals surface area contributed by atoms with E-state index in [0.29, 0.717) is 15.6 Å². The first kappa shape index (κ1) is 21.5. The van der Waals surface area contributed by atoms with Crippen molar-refractivity contribution in [3.8, 4) is 5.75 Å². The standard InChI is InChI=1S/C19H23ClO7S/c1-25-12-5-3-10(4-6-12)7-11-8-14(28-18(11)20)19(26-2)17(24)16(23)15(22)13(9-21)27-19/h3-6,8,13,15-17,21-24H,7,9H2,1-2H3/t13-,15-,16+,17-,19?/m1/s1. The van der Waals surface area contributed by atoms with Gasteiger partial charge in [-0.25, -0.2) is 0 Å². The molecule has 4 N–H and O–H groups in total. The molecule has 2 heterocycles. The van der Waals surface area contributed by atoms with Crippen LogP contribution in [0.1, 0.15) is 16.0 Å². The van der Waals surface area contributed by atoms with Crippen LogP contribution in [0.2, 0.25) is 4.34 Å². The highest BCUT2D eigenvalue weighted by atomic mass is 35.5. The summed E-state index contributed by atoms with van der Waals surface area (Å²) in [7, 11) is 2.92. The molecule has 1 aliphatic rings. The van der Waals surface area contributed by atoms with Crippen molar-refractivity contribution in [3.05, 3.63) is 50.7 Å². The van der Waals surface area contributed by atoms with Gasteiger partial charge >= 0.3 is 0 Å². The molecule has 1 unspecified atom stereocenters. The SMILES string of the molecule is COc1ccc(Cc2cc(C3(OC)O[C@H](CO)[C@@H](O)[C@H](O)[C@H]3O)sc2Cl)cc1. The molecule has 7 nitrogen and oxygen atoms in total. The highest BCUT2D eigenvalue weighted by molar-refractivity contribution is 7.16. The van der Waals surface area contributed by atoms with Crippen LogP contribution in [0.25, 0.3) is 0 Å². The monoisotopic (exact) mass is 430 g/mol. The Balaban J connectivity index is 1.92. The van der Waals surface area contributed by atoms with Gasteiger partial charge in [0.1, 0.15) is 30.2 Å². The molecular weight excluding hydrogens is 408 g/mol. The maximum absolute atomic E-state index is 10.6. The van der Waals surface area contributed by atoms with Crippen LogP contribution < -0.4 is 4.74 Å². The van der Waals surface area contributed by atoms with Crippen LogP contribution in [0.15, 0.2) is 30.3 Å². The van der Waals surface area contributed by atoms with E-state index < -0.39 is 36.8 Å². The number of methoxy groups -OCH3 is 2. The van der Waals surface area contributed by atoms with Gasteiger partial charge in [-0.3, -0.25) is 0 Å². The second-order valence-electron chi connectivity index (χ2n) is 6.57. The molecule has 0 saturated carbocycles. The van der Waals surface area contributed by atoms with E-state index >= 15 is 0 Å². The van der Waals surface area contributed by atoms with Crippen LogP contribution in [-0.4, -0.2) is 65.7 Å². The third-order valence-electron chi connectivity index (χ3n) is 4.91. The fraction of sp³-hybridized carbons (Fsp3) is 0.474. The molecule has 1 saturated heterocycles. The zero-order valence-electron chi connectivity index (χ0n) is 15.4. The lowest BCUT2D eigenvalue weighted by atomic mass is 9.91. The lowest BCUT2D eigenvalue weighted by molar-refractivity contribution is -0.364. The van der Waals surface area contributed by atoms with E-state index in [1.807, 2.05) is 24.3 Å². The number of rotatable bonds is 6. The number of hydrogen-bond donors (Lipinski definition) is 4. The predicted octanol–water partition coefficient (Wildman–Crippen LogP) is 1.27. The third kappa shape index (κ3) is 3.79. The van der Waals surface area contributed by atoms with E-state index in [1.54, 1.807) is 13.2 Å². The second kappa shape index (κ2) is 8.64. The van der Waals surface area contributed by atoms with Crippen LogP contribution in [0, 0.1) is 0 Å². The molecule has 0 radical (unpaired) electrons. The minimum Gasteiger partial charge on any atom is -0.497 e. The average Bonchev–Trinajstić information content (AvgIpc) is 3.08. The maximum atomic E-state index is 10.6. The summed E-state index contributed by atoms with van der Waals surface area (Å²) in [5.74, 6) is -1.00. The number of aliphatic hydroxyl groups is 4. The van der Waals surface area contributed by atoms with Crippen molar-refractivity contribution in [2.24, 2.45) is 0 Å². The molecule has 154 valence electrons. The minimum absolute atomic E-state index is 0.431. The number of thiophene rings is 1. The molecular formula is C19H23ClO7S. The Hall–Kier alpha value is -1.23. The largest absolute Gasteiger partial charge is 0.497 e. The maximum Gasteiger partial charge on any atom is 0.234 e. The first-order chi connectivity index (χ1) is 13.4. The number of benzene rings is 1. The van der Waals surface area contributed by atoms with Crippen LogP contribution in [-0.2, 0) is 21.7 Å². The Bertz CT molecular complexity index is 794. The zero-order valence-corrected chi connectivity index (χ0v) is 17.0. The Kier molecular flexibility index (Phi) is 6.63. The van der Waals surface area contributed by atoms with Gasteiger partial charge < -0.3 is 34.6 Å². The molecule has 0 bridgehead atoms. The first-order valence-corrected chi connectivity index (χ1v) is 9.85. The Morgan fingerprint density at radius 2 is 1.82 bits per heavy atom. The van der Waals surface area contributed by atoms with Crippen molar-refractivity contribution in [3.63, 3.8) is 0 Å². The van der Waals surface area contributed by atoms with Crippen molar-refractivity contribution in [1.82, 2.24) is 0 Å². The van der Waals surface area contributed by atoms with Crippen LogP contribution in [0.5, 0.6) is 5.75 Å². The second-order valence-corrected chi connectivity index (χ2v) is 8.23. The van der Waals surface area contributed by atoms with Crippen molar-refractivity contribution < 1.29 is 34.6 Å². The lowest BCUT2D eigenvalue weighted by Gasteiger charge is -2.46. The number of hydrogen-bond acceptors (Lipinski definition) is 8. The van der Waals surface area contributed by atoms with E-state index in [1.165, 1.54) is 7.11 Å². The van der Waals surface area contributed by atoms with Gasteiger partial charge in [0, 0.05) is 7.11 Å². The summed E-state index contributed by atoms with van der Waals surface area (Å²) in [6.45, 7) is -0.548. The van der Waals surface area contributed by atoms with Gasteiger partial charge in [-0.05, 0) is 35.7 Å². The molecule has 1 aromatic heterocycles. The van der Waals surface area contributed by atoms with Crippen molar-refractivity contribution in [2.75, 3.05) is 20.8 Å². The molecule has 28 heavy (non-hydrogen) atoms. The summed E-state index contributed by atoms with van der Waals surface area (Å²) in [5, 5.41) is 40.3. The normalized spacial score (nSPS) is 30.4. The van der Waals surface area contributed by atoms with E-state index in [2.05, 4.69) is 0 Å². The molecule has 9 heteroatoms.